The first kappa shape index (κ1) is 26.4. The number of carbonyl (C=O) groups excluding carboxylic acids is 2. The van der Waals surface area contributed by atoms with Crippen LogP contribution in [-0.4, -0.2) is 50.8 Å². The Morgan fingerprint density at radius 3 is 2.55 bits per heavy atom. The van der Waals surface area contributed by atoms with Crippen molar-refractivity contribution in [1.29, 1.82) is 0 Å². The second-order valence-corrected chi connectivity index (χ2v) is 12.2. The van der Waals surface area contributed by atoms with E-state index < -0.39 is 15.7 Å². The number of fused-ring (bicyclic) bond motifs is 2. The van der Waals surface area contributed by atoms with Gasteiger partial charge in [0, 0.05) is 29.7 Å². The van der Waals surface area contributed by atoms with Crippen molar-refractivity contribution in [3.05, 3.63) is 88.4 Å². The van der Waals surface area contributed by atoms with Crippen LogP contribution in [0.5, 0.6) is 0 Å². The van der Waals surface area contributed by atoms with E-state index in [0.717, 1.165) is 31.5 Å². The number of nitrogens with one attached hydrogen (secondary N) is 1. The number of halogens is 1. The van der Waals surface area contributed by atoms with Crippen molar-refractivity contribution < 1.29 is 18.0 Å². The van der Waals surface area contributed by atoms with Crippen LogP contribution in [0.1, 0.15) is 52.5 Å². The Hall–Kier alpha value is -3.20. The van der Waals surface area contributed by atoms with Crippen molar-refractivity contribution in [1.82, 2.24) is 10.2 Å². The Morgan fingerprint density at radius 2 is 1.79 bits per heavy atom. The lowest BCUT2D eigenvalue weighted by Crippen LogP contribution is -2.42. The molecule has 3 aromatic carbocycles. The fourth-order valence-electron chi connectivity index (χ4n) is 5.18. The van der Waals surface area contributed by atoms with Crippen LogP contribution in [0.2, 0.25) is 5.02 Å². The maximum absolute atomic E-state index is 13.7. The summed E-state index contributed by atoms with van der Waals surface area (Å²) in [5.41, 5.74) is 1.35. The monoisotopic (exact) mass is 551 g/mol. The molecule has 5 rings (SSSR count). The molecule has 198 valence electrons. The topological polar surface area (TPSA) is 86.8 Å². The summed E-state index contributed by atoms with van der Waals surface area (Å²) in [5.74, 6) is -0.759. The van der Waals surface area contributed by atoms with Crippen molar-refractivity contribution in [2.45, 2.75) is 48.6 Å². The molecule has 7 nitrogen and oxygen atoms in total. The van der Waals surface area contributed by atoms with Gasteiger partial charge < -0.3 is 10.2 Å². The molecular formula is C29H30ClN3O4S. The molecule has 0 bridgehead atoms. The molecule has 0 radical (unpaired) electrons. The lowest BCUT2D eigenvalue weighted by molar-refractivity contribution is 0.0936. The van der Waals surface area contributed by atoms with Gasteiger partial charge in [-0.25, -0.2) is 8.42 Å². The number of amides is 2. The maximum atomic E-state index is 13.7. The molecule has 1 atom stereocenters. The van der Waals surface area contributed by atoms with Crippen molar-refractivity contribution in [3.8, 4) is 0 Å². The molecule has 9 heteroatoms. The second kappa shape index (κ2) is 10.9. The lowest BCUT2D eigenvalue weighted by Gasteiger charge is -2.33. The van der Waals surface area contributed by atoms with Gasteiger partial charge in [0.1, 0.15) is 0 Å². The minimum absolute atomic E-state index is 0.0107. The van der Waals surface area contributed by atoms with E-state index in [1.54, 1.807) is 36.4 Å². The lowest BCUT2D eigenvalue weighted by atomic mass is 10.0. The quantitative estimate of drug-likeness (QED) is 0.469. The minimum atomic E-state index is -4.00. The van der Waals surface area contributed by atoms with Gasteiger partial charge in [-0.1, -0.05) is 42.3 Å². The molecule has 2 aliphatic rings. The van der Waals surface area contributed by atoms with Crippen molar-refractivity contribution in [3.63, 3.8) is 0 Å². The van der Waals surface area contributed by atoms with Crippen LogP contribution in [0.4, 0.5) is 5.69 Å². The SMILES string of the molecule is C[C@@H]1CCCCN1CCNC(=O)c1ccc2c(c1)N(Cc1ccc(Cl)cc1)C(=O)c1ccccc1S2(=O)=O. The maximum Gasteiger partial charge on any atom is 0.259 e. The van der Waals surface area contributed by atoms with Crippen LogP contribution < -0.4 is 10.2 Å². The van der Waals surface area contributed by atoms with Crippen molar-refractivity contribution in [2.75, 3.05) is 24.5 Å². The highest BCUT2D eigenvalue weighted by Gasteiger charge is 2.36. The molecule has 0 aromatic heterocycles. The number of piperidine rings is 1. The summed E-state index contributed by atoms with van der Waals surface area (Å²) in [6.45, 7) is 4.58. The minimum Gasteiger partial charge on any atom is -0.351 e. The van der Waals surface area contributed by atoms with E-state index in [1.807, 2.05) is 0 Å². The average Bonchev–Trinajstić information content (AvgIpc) is 2.99. The summed E-state index contributed by atoms with van der Waals surface area (Å²) in [7, 11) is -4.00. The van der Waals surface area contributed by atoms with Crippen molar-refractivity contribution >= 4 is 38.9 Å². The van der Waals surface area contributed by atoms with Crippen LogP contribution in [0.25, 0.3) is 0 Å². The summed E-state index contributed by atoms with van der Waals surface area (Å²) < 4.78 is 27.3. The molecular weight excluding hydrogens is 522 g/mol. The third-order valence-electron chi connectivity index (χ3n) is 7.33. The van der Waals surface area contributed by atoms with Gasteiger partial charge in [0.2, 0.25) is 9.84 Å². The highest BCUT2D eigenvalue weighted by molar-refractivity contribution is 7.91. The predicted octanol–water partition coefficient (Wildman–Crippen LogP) is 4.94. The van der Waals surface area contributed by atoms with Crippen LogP contribution in [-0.2, 0) is 16.4 Å². The van der Waals surface area contributed by atoms with Gasteiger partial charge >= 0.3 is 0 Å². The molecule has 1 N–H and O–H groups in total. The summed E-state index contributed by atoms with van der Waals surface area (Å²) >= 11 is 6.04. The molecule has 2 heterocycles. The molecule has 0 aliphatic carbocycles. The predicted molar refractivity (Wildman–Crippen MR) is 148 cm³/mol. The largest absolute Gasteiger partial charge is 0.351 e. The number of rotatable bonds is 6. The number of likely N-dealkylation sites (tertiary alicyclic amines) is 1. The summed E-state index contributed by atoms with van der Waals surface area (Å²) in [4.78, 5) is 30.6. The van der Waals surface area contributed by atoms with Gasteiger partial charge in [-0.3, -0.25) is 14.5 Å². The third-order valence-corrected chi connectivity index (χ3v) is 9.44. The van der Waals surface area contributed by atoms with Crippen LogP contribution in [0, 0.1) is 0 Å². The molecule has 3 aromatic rings. The zero-order valence-corrected chi connectivity index (χ0v) is 22.8. The number of anilines is 1. The smallest absolute Gasteiger partial charge is 0.259 e. The first-order valence-electron chi connectivity index (χ1n) is 12.8. The van der Waals surface area contributed by atoms with Gasteiger partial charge in [-0.2, -0.15) is 0 Å². The zero-order valence-electron chi connectivity index (χ0n) is 21.2. The van der Waals surface area contributed by atoms with Gasteiger partial charge in [-0.15, -0.1) is 0 Å². The number of hydrogen-bond donors (Lipinski definition) is 1. The average molecular weight is 552 g/mol. The van der Waals surface area contributed by atoms with E-state index in [9.17, 15) is 18.0 Å². The molecule has 2 amide bonds. The van der Waals surface area contributed by atoms with Gasteiger partial charge in [0.15, 0.2) is 0 Å². The Bertz CT molecular complexity index is 1470. The number of sulfone groups is 1. The number of carbonyl (C=O) groups is 2. The third kappa shape index (κ3) is 5.21. The number of nitrogens with zero attached hydrogens (tertiary/aromatic N) is 2. The van der Waals surface area contributed by atoms with Gasteiger partial charge in [0.25, 0.3) is 11.8 Å². The van der Waals surface area contributed by atoms with Gasteiger partial charge in [-0.05, 0) is 74.3 Å². The number of hydrogen-bond acceptors (Lipinski definition) is 5. The Morgan fingerprint density at radius 1 is 1.03 bits per heavy atom. The van der Waals surface area contributed by atoms with Crippen LogP contribution in [0.3, 0.4) is 0 Å². The molecule has 0 spiro atoms. The Labute approximate surface area is 228 Å². The summed E-state index contributed by atoms with van der Waals surface area (Å²) in [5, 5.41) is 3.52. The molecule has 0 unspecified atom stereocenters. The van der Waals surface area contributed by atoms with E-state index in [1.165, 1.54) is 41.7 Å². The fraction of sp³-hybridized carbons (Fsp3) is 0.310. The van der Waals surface area contributed by atoms with Crippen LogP contribution in [0.15, 0.2) is 76.5 Å². The second-order valence-electron chi connectivity index (χ2n) is 9.84. The summed E-state index contributed by atoms with van der Waals surface area (Å²) in [6, 6.07) is 18.2. The molecule has 1 saturated heterocycles. The molecule has 2 aliphatic heterocycles. The first-order valence-corrected chi connectivity index (χ1v) is 14.7. The summed E-state index contributed by atoms with van der Waals surface area (Å²) in [6.07, 6.45) is 3.56. The zero-order chi connectivity index (χ0) is 26.9. The normalized spacial score (nSPS) is 18.8. The highest BCUT2D eigenvalue weighted by Crippen LogP contribution is 2.38. The highest BCUT2D eigenvalue weighted by atomic mass is 35.5. The first-order chi connectivity index (χ1) is 18.3. The molecule has 0 saturated carbocycles. The van der Waals surface area contributed by atoms with E-state index in [4.69, 9.17) is 11.6 Å². The fourth-order valence-corrected chi connectivity index (χ4v) is 6.94. The Kier molecular flexibility index (Phi) is 7.56. The van der Waals surface area contributed by atoms with E-state index >= 15 is 0 Å². The number of benzene rings is 3. The van der Waals surface area contributed by atoms with Gasteiger partial charge in [0.05, 0.1) is 27.6 Å². The standard InChI is InChI=1S/C29H30ClN3O4S/c1-20-6-4-5-16-32(20)17-15-31-28(34)22-11-14-27-25(18-22)33(19-21-9-12-23(30)13-10-21)29(35)24-7-2-3-8-26(24)38(27,36)37/h2-3,7-14,18,20H,4-6,15-17,19H2,1H3,(H,31,34)/t20-/m1/s1. The van der Waals surface area contributed by atoms with E-state index in [2.05, 4.69) is 17.1 Å². The van der Waals surface area contributed by atoms with E-state index in [0.29, 0.717) is 23.2 Å². The van der Waals surface area contributed by atoms with E-state index in [-0.39, 0.29) is 33.5 Å². The van der Waals surface area contributed by atoms with Crippen LogP contribution >= 0.6 is 11.6 Å². The Balaban J connectivity index is 1.48. The molecule has 38 heavy (non-hydrogen) atoms. The van der Waals surface area contributed by atoms with Crippen molar-refractivity contribution in [2.24, 2.45) is 0 Å². The molecule has 1 fully saturated rings.